The Labute approximate surface area is 131 Å². The van der Waals surface area contributed by atoms with Gasteiger partial charge in [0.25, 0.3) is 5.69 Å². The first-order valence-corrected chi connectivity index (χ1v) is 7.34. The van der Waals surface area contributed by atoms with E-state index in [2.05, 4.69) is 0 Å². The standard InChI is InChI=1S/C16H26N2O4/c1-11(19)13-10-12(6-7-14(13)18(20)21)16(4,5)22-9-8-15(2,3)17/h6-7,10-11,19H,8-9,17H2,1-5H3. The van der Waals surface area contributed by atoms with Crippen LogP contribution in [0.5, 0.6) is 0 Å². The Morgan fingerprint density at radius 1 is 1.36 bits per heavy atom. The summed E-state index contributed by atoms with van der Waals surface area (Å²) in [6.07, 6.45) is -0.216. The summed E-state index contributed by atoms with van der Waals surface area (Å²) in [5.41, 5.74) is 5.99. The topological polar surface area (TPSA) is 98.6 Å². The Morgan fingerprint density at radius 3 is 2.41 bits per heavy atom. The molecular formula is C16H26N2O4. The first-order valence-electron chi connectivity index (χ1n) is 7.34. The Kier molecular flexibility index (Phi) is 5.67. The van der Waals surface area contributed by atoms with E-state index in [1.54, 1.807) is 12.1 Å². The number of ether oxygens (including phenoxy) is 1. The number of nitro benzene ring substituents is 1. The number of aliphatic hydroxyl groups excluding tert-OH is 1. The van der Waals surface area contributed by atoms with Crippen LogP contribution in [0.3, 0.4) is 0 Å². The van der Waals surface area contributed by atoms with Crippen LogP contribution in [0.1, 0.15) is 58.3 Å². The lowest BCUT2D eigenvalue weighted by atomic mass is 9.93. The molecular weight excluding hydrogens is 284 g/mol. The fourth-order valence-corrected chi connectivity index (χ4v) is 2.08. The number of aliphatic hydroxyl groups is 1. The molecule has 0 fully saturated rings. The molecule has 0 aliphatic heterocycles. The second kappa shape index (κ2) is 6.73. The van der Waals surface area contributed by atoms with Crippen LogP contribution in [0.2, 0.25) is 0 Å². The molecule has 6 nitrogen and oxygen atoms in total. The van der Waals surface area contributed by atoms with Gasteiger partial charge in [0.05, 0.1) is 22.2 Å². The lowest BCUT2D eigenvalue weighted by Gasteiger charge is -2.28. The van der Waals surface area contributed by atoms with Crippen molar-refractivity contribution in [3.05, 3.63) is 39.4 Å². The molecule has 0 aliphatic rings. The Morgan fingerprint density at radius 2 is 1.95 bits per heavy atom. The van der Waals surface area contributed by atoms with Crippen molar-refractivity contribution < 1.29 is 14.8 Å². The van der Waals surface area contributed by atoms with Gasteiger partial charge in [0, 0.05) is 18.2 Å². The zero-order valence-corrected chi connectivity index (χ0v) is 13.9. The molecule has 3 N–H and O–H groups in total. The third-order valence-electron chi connectivity index (χ3n) is 3.58. The minimum absolute atomic E-state index is 0.0855. The van der Waals surface area contributed by atoms with E-state index in [1.807, 2.05) is 27.7 Å². The fraction of sp³-hybridized carbons (Fsp3) is 0.625. The minimum atomic E-state index is -0.917. The summed E-state index contributed by atoms with van der Waals surface area (Å²) in [6.45, 7) is 9.64. The summed E-state index contributed by atoms with van der Waals surface area (Å²) in [5.74, 6) is 0. The molecule has 0 radical (unpaired) electrons. The molecule has 124 valence electrons. The first kappa shape index (κ1) is 18.5. The number of benzene rings is 1. The summed E-state index contributed by atoms with van der Waals surface area (Å²) < 4.78 is 5.90. The summed E-state index contributed by atoms with van der Waals surface area (Å²) >= 11 is 0. The molecule has 0 saturated carbocycles. The highest BCUT2D eigenvalue weighted by Crippen LogP contribution is 2.32. The molecule has 0 aromatic heterocycles. The predicted molar refractivity (Wildman–Crippen MR) is 85.6 cm³/mol. The van der Waals surface area contributed by atoms with Gasteiger partial charge in [-0.3, -0.25) is 10.1 Å². The highest BCUT2D eigenvalue weighted by atomic mass is 16.6. The van der Waals surface area contributed by atoms with Crippen molar-refractivity contribution >= 4 is 5.69 Å². The van der Waals surface area contributed by atoms with Crippen molar-refractivity contribution in [1.82, 2.24) is 0 Å². The summed E-state index contributed by atoms with van der Waals surface area (Å²) in [6, 6.07) is 4.71. The van der Waals surface area contributed by atoms with Crippen LogP contribution in [0.4, 0.5) is 5.69 Å². The van der Waals surface area contributed by atoms with E-state index in [4.69, 9.17) is 10.5 Å². The molecule has 1 aromatic carbocycles. The SMILES string of the molecule is CC(O)c1cc(C(C)(C)OCCC(C)(C)N)ccc1[N+](=O)[O-]. The van der Waals surface area contributed by atoms with E-state index in [9.17, 15) is 15.2 Å². The van der Waals surface area contributed by atoms with Gasteiger partial charge in [0.1, 0.15) is 0 Å². The second-order valence-electron chi connectivity index (χ2n) is 6.80. The summed E-state index contributed by atoms with van der Waals surface area (Å²) in [4.78, 5) is 10.5. The van der Waals surface area contributed by atoms with Crippen molar-refractivity contribution in [3.63, 3.8) is 0 Å². The molecule has 1 aromatic rings. The predicted octanol–water partition coefficient (Wildman–Crippen LogP) is 3.03. The van der Waals surface area contributed by atoms with Crippen LogP contribution in [0.25, 0.3) is 0 Å². The molecule has 6 heteroatoms. The third kappa shape index (κ3) is 5.05. The zero-order valence-electron chi connectivity index (χ0n) is 13.9. The lowest BCUT2D eigenvalue weighted by Crippen LogP contribution is -2.34. The van der Waals surface area contributed by atoms with Crippen LogP contribution >= 0.6 is 0 Å². The average Bonchev–Trinajstić information content (AvgIpc) is 2.35. The van der Waals surface area contributed by atoms with Crippen molar-refractivity contribution in [2.75, 3.05) is 6.61 Å². The zero-order chi connectivity index (χ0) is 17.1. The van der Waals surface area contributed by atoms with E-state index < -0.39 is 16.6 Å². The maximum atomic E-state index is 11.0. The number of nitro groups is 1. The highest BCUT2D eigenvalue weighted by molar-refractivity contribution is 5.45. The van der Waals surface area contributed by atoms with Gasteiger partial charge in [0.2, 0.25) is 0 Å². The van der Waals surface area contributed by atoms with Crippen LogP contribution in [0, 0.1) is 10.1 Å². The molecule has 0 saturated heterocycles. The van der Waals surface area contributed by atoms with E-state index in [-0.39, 0.29) is 11.2 Å². The van der Waals surface area contributed by atoms with Gasteiger partial charge in [-0.1, -0.05) is 0 Å². The molecule has 22 heavy (non-hydrogen) atoms. The average molecular weight is 310 g/mol. The number of hydrogen-bond donors (Lipinski definition) is 2. The number of nitrogens with two attached hydrogens (primary N) is 1. The van der Waals surface area contributed by atoms with Crippen LogP contribution in [-0.2, 0) is 10.3 Å². The monoisotopic (exact) mass is 310 g/mol. The maximum Gasteiger partial charge on any atom is 0.275 e. The lowest BCUT2D eigenvalue weighted by molar-refractivity contribution is -0.386. The van der Waals surface area contributed by atoms with Gasteiger partial charge in [-0.2, -0.15) is 0 Å². The summed E-state index contributed by atoms with van der Waals surface area (Å²) in [5, 5.41) is 20.8. The summed E-state index contributed by atoms with van der Waals surface area (Å²) in [7, 11) is 0. The van der Waals surface area contributed by atoms with Gasteiger partial charge in [0.15, 0.2) is 0 Å². The molecule has 0 amide bonds. The van der Waals surface area contributed by atoms with Gasteiger partial charge in [-0.05, 0) is 58.7 Å². The van der Waals surface area contributed by atoms with Crippen molar-refractivity contribution in [1.29, 1.82) is 0 Å². The molecule has 1 rings (SSSR count). The molecule has 0 aliphatic carbocycles. The molecule has 0 spiro atoms. The van der Waals surface area contributed by atoms with Gasteiger partial charge in [-0.15, -0.1) is 0 Å². The molecule has 1 atom stereocenters. The maximum absolute atomic E-state index is 11.0. The highest BCUT2D eigenvalue weighted by Gasteiger charge is 2.26. The van der Waals surface area contributed by atoms with Crippen LogP contribution in [-0.4, -0.2) is 22.2 Å². The number of hydrogen-bond acceptors (Lipinski definition) is 5. The van der Waals surface area contributed by atoms with E-state index >= 15 is 0 Å². The van der Waals surface area contributed by atoms with E-state index in [0.29, 0.717) is 18.6 Å². The van der Waals surface area contributed by atoms with Gasteiger partial charge < -0.3 is 15.6 Å². The minimum Gasteiger partial charge on any atom is -0.388 e. The second-order valence-corrected chi connectivity index (χ2v) is 6.80. The normalized spacial score (nSPS) is 14.0. The smallest absolute Gasteiger partial charge is 0.275 e. The Bertz CT molecular complexity index is 533. The Balaban J connectivity index is 2.99. The Hall–Kier alpha value is -1.50. The van der Waals surface area contributed by atoms with Crippen LogP contribution in [0.15, 0.2) is 18.2 Å². The van der Waals surface area contributed by atoms with Crippen molar-refractivity contribution in [3.8, 4) is 0 Å². The fourth-order valence-electron chi connectivity index (χ4n) is 2.08. The molecule has 0 bridgehead atoms. The number of rotatable bonds is 7. The third-order valence-corrected chi connectivity index (χ3v) is 3.58. The van der Waals surface area contributed by atoms with Gasteiger partial charge >= 0.3 is 0 Å². The molecule has 1 unspecified atom stereocenters. The van der Waals surface area contributed by atoms with Crippen LogP contribution < -0.4 is 5.73 Å². The van der Waals surface area contributed by atoms with Gasteiger partial charge in [-0.25, -0.2) is 0 Å². The molecule has 0 heterocycles. The first-order chi connectivity index (χ1) is 9.94. The number of nitrogens with zero attached hydrogens (tertiary/aromatic N) is 1. The van der Waals surface area contributed by atoms with Crippen molar-refractivity contribution in [2.45, 2.75) is 58.3 Å². The van der Waals surface area contributed by atoms with Crippen molar-refractivity contribution in [2.24, 2.45) is 5.73 Å². The van der Waals surface area contributed by atoms with E-state index in [0.717, 1.165) is 5.56 Å². The van der Waals surface area contributed by atoms with E-state index in [1.165, 1.54) is 13.0 Å². The largest absolute Gasteiger partial charge is 0.388 e. The quantitative estimate of drug-likeness (QED) is 0.596.